The highest BCUT2D eigenvalue weighted by Crippen LogP contribution is 2.45. The second-order valence-electron chi connectivity index (χ2n) is 6.18. The van der Waals surface area contributed by atoms with E-state index < -0.39 is 0 Å². The molecule has 0 amide bonds. The van der Waals surface area contributed by atoms with E-state index in [9.17, 15) is 5.11 Å². The van der Waals surface area contributed by atoms with Gasteiger partial charge in [0.2, 0.25) is 0 Å². The molecule has 16 heavy (non-hydrogen) atoms. The molecule has 1 heterocycles. The molecule has 3 heteroatoms. The van der Waals surface area contributed by atoms with Gasteiger partial charge in [-0.1, -0.05) is 0 Å². The fraction of sp³-hybridized carbons (Fsp3) is 1.00. The Hall–Kier alpha value is -0.120. The molecule has 4 atom stereocenters. The third-order valence-corrected chi connectivity index (χ3v) is 5.41. The van der Waals surface area contributed by atoms with E-state index in [1.807, 2.05) is 0 Å². The van der Waals surface area contributed by atoms with Gasteiger partial charge in [-0.2, -0.15) is 0 Å². The SMILES string of the molecule is C[N+]1(C2CCC3CCC2C3O)CCOCC1. The molecule has 2 saturated carbocycles. The fourth-order valence-electron chi connectivity index (χ4n) is 4.30. The molecule has 0 aromatic rings. The van der Waals surface area contributed by atoms with Crippen LogP contribution in [0.25, 0.3) is 0 Å². The molecular formula is C13H24NO2+. The van der Waals surface area contributed by atoms with Crippen molar-refractivity contribution in [2.75, 3.05) is 33.4 Å². The van der Waals surface area contributed by atoms with Gasteiger partial charge in [-0.3, -0.25) is 0 Å². The summed E-state index contributed by atoms with van der Waals surface area (Å²) in [4.78, 5) is 0. The summed E-state index contributed by atoms with van der Waals surface area (Å²) >= 11 is 0. The summed E-state index contributed by atoms with van der Waals surface area (Å²) in [6.07, 6.45) is 5.08. The molecule has 3 nitrogen and oxygen atoms in total. The quantitative estimate of drug-likeness (QED) is 0.676. The molecule has 3 aliphatic rings. The lowest BCUT2D eigenvalue weighted by atomic mass is 9.80. The van der Waals surface area contributed by atoms with Gasteiger partial charge in [0.15, 0.2) is 0 Å². The number of quaternary nitrogens is 1. The fourth-order valence-corrected chi connectivity index (χ4v) is 4.30. The number of aliphatic hydroxyl groups excluding tert-OH is 1. The van der Waals surface area contributed by atoms with Gasteiger partial charge < -0.3 is 14.3 Å². The Bertz CT molecular complexity index is 263. The molecule has 0 aromatic carbocycles. The van der Waals surface area contributed by atoms with E-state index in [1.165, 1.54) is 25.7 Å². The highest BCUT2D eigenvalue weighted by Gasteiger charge is 2.50. The first-order valence-electron chi connectivity index (χ1n) is 6.81. The molecular weight excluding hydrogens is 202 g/mol. The van der Waals surface area contributed by atoms with Gasteiger partial charge in [0, 0.05) is 12.3 Å². The van der Waals surface area contributed by atoms with Gasteiger partial charge in [0.25, 0.3) is 0 Å². The molecule has 2 aliphatic carbocycles. The third kappa shape index (κ3) is 1.60. The summed E-state index contributed by atoms with van der Waals surface area (Å²) in [6.45, 7) is 4.08. The summed E-state index contributed by atoms with van der Waals surface area (Å²) in [7, 11) is 2.37. The van der Waals surface area contributed by atoms with Crippen LogP contribution in [0.15, 0.2) is 0 Å². The van der Waals surface area contributed by atoms with Crippen molar-refractivity contribution in [2.45, 2.75) is 37.8 Å². The van der Waals surface area contributed by atoms with Crippen molar-refractivity contribution < 1.29 is 14.3 Å². The van der Waals surface area contributed by atoms with Crippen LogP contribution in [0.5, 0.6) is 0 Å². The summed E-state index contributed by atoms with van der Waals surface area (Å²) in [5, 5.41) is 10.3. The van der Waals surface area contributed by atoms with E-state index in [2.05, 4.69) is 7.05 Å². The van der Waals surface area contributed by atoms with Crippen LogP contribution < -0.4 is 0 Å². The Morgan fingerprint density at radius 3 is 2.50 bits per heavy atom. The first kappa shape index (κ1) is 11.0. The summed E-state index contributed by atoms with van der Waals surface area (Å²) in [5.74, 6) is 1.19. The zero-order valence-electron chi connectivity index (χ0n) is 10.3. The van der Waals surface area contributed by atoms with Crippen molar-refractivity contribution in [3.8, 4) is 0 Å². The van der Waals surface area contributed by atoms with Gasteiger partial charge in [-0.15, -0.1) is 0 Å². The van der Waals surface area contributed by atoms with Gasteiger partial charge in [0.05, 0.1) is 32.4 Å². The third-order valence-electron chi connectivity index (χ3n) is 5.41. The number of ether oxygens (including phenoxy) is 1. The number of fused-ring (bicyclic) bond motifs is 2. The van der Waals surface area contributed by atoms with Gasteiger partial charge in [0.1, 0.15) is 13.1 Å². The number of hydrogen-bond donors (Lipinski definition) is 1. The number of rotatable bonds is 1. The Morgan fingerprint density at radius 1 is 1.06 bits per heavy atom. The first-order chi connectivity index (χ1) is 7.71. The minimum atomic E-state index is -0.00320. The van der Waals surface area contributed by atoms with E-state index in [-0.39, 0.29) is 6.10 Å². The van der Waals surface area contributed by atoms with Crippen molar-refractivity contribution >= 4 is 0 Å². The second kappa shape index (κ2) is 3.97. The van der Waals surface area contributed by atoms with Gasteiger partial charge in [-0.05, 0) is 25.2 Å². The Balaban J connectivity index is 1.78. The maximum Gasteiger partial charge on any atom is 0.102 e. The van der Waals surface area contributed by atoms with Crippen LogP contribution in [0, 0.1) is 11.8 Å². The minimum Gasteiger partial charge on any atom is -0.392 e. The van der Waals surface area contributed by atoms with E-state index in [0.29, 0.717) is 17.9 Å². The maximum atomic E-state index is 10.3. The molecule has 3 rings (SSSR count). The van der Waals surface area contributed by atoms with Crippen LogP contribution in [-0.4, -0.2) is 55.1 Å². The largest absolute Gasteiger partial charge is 0.392 e. The normalized spacial score (nSPS) is 46.9. The Morgan fingerprint density at radius 2 is 1.75 bits per heavy atom. The maximum absolute atomic E-state index is 10.3. The Kier molecular flexibility index (Phi) is 2.73. The van der Waals surface area contributed by atoms with Crippen LogP contribution in [-0.2, 0) is 4.74 Å². The van der Waals surface area contributed by atoms with Crippen LogP contribution in [0.1, 0.15) is 25.7 Å². The summed E-state index contributed by atoms with van der Waals surface area (Å²) in [5.41, 5.74) is 0. The molecule has 4 unspecified atom stereocenters. The van der Waals surface area contributed by atoms with Gasteiger partial charge in [-0.25, -0.2) is 0 Å². The van der Waals surface area contributed by atoms with E-state index in [0.717, 1.165) is 30.8 Å². The smallest absolute Gasteiger partial charge is 0.102 e. The van der Waals surface area contributed by atoms with Crippen LogP contribution in [0.3, 0.4) is 0 Å². The molecule has 92 valence electrons. The molecule has 0 radical (unpaired) electrons. The van der Waals surface area contributed by atoms with E-state index in [1.54, 1.807) is 0 Å². The number of aliphatic hydroxyl groups is 1. The molecule has 3 fully saturated rings. The summed E-state index contributed by atoms with van der Waals surface area (Å²) in [6, 6.07) is 0.692. The molecule has 0 aromatic heterocycles. The van der Waals surface area contributed by atoms with Crippen LogP contribution in [0.4, 0.5) is 0 Å². The standard InChI is InChI=1S/C13H24NO2/c1-14(6-8-16-9-7-14)12-5-3-10-2-4-11(12)13(10)15/h10-13,15H,2-9H2,1H3/q+1. The number of hydrogen-bond acceptors (Lipinski definition) is 2. The second-order valence-corrected chi connectivity index (χ2v) is 6.18. The lowest BCUT2D eigenvalue weighted by molar-refractivity contribution is -0.945. The van der Waals surface area contributed by atoms with Crippen molar-refractivity contribution in [1.82, 2.24) is 0 Å². The van der Waals surface area contributed by atoms with Crippen molar-refractivity contribution in [3.05, 3.63) is 0 Å². The van der Waals surface area contributed by atoms with Crippen molar-refractivity contribution in [3.63, 3.8) is 0 Å². The van der Waals surface area contributed by atoms with Gasteiger partial charge >= 0.3 is 0 Å². The average Bonchev–Trinajstić information content (AvgIpc) is 2.53. The summed E-state index contributed by atoms with van der Waals surface area (Å²) < 4.78 is 6.63. The van der Waals surface area contributed by atoms with Crippen LogP contribution in [0.2, 0.25) is 0 Å². The van der Waals surface area contributed by atoms with E-state index >= 15 is 0 Å². The molecule has 2 bridgehead atoms. The number of nitrogens with zero attached hydrogens (tertiary/aromatic N) is 1. The molecule has 1 aliphatic heterocycles. The van der Waals surface area contributed by atoms with Crippen molar-refractivity contribution in [2.24, 2.45) is 11.8 Å². The van der Waals surface area contributed by atoms with Crippen molar-refractivity contribution in [1.29, 1.82) is 0 Å². The number of morpholine rings is 1. The Labute approximate surface area is 98.0 Å². The lowest BCUT2D eigenvalue weighted by Crippen LogP contribution is -2.62. The average molecular weight is 226 g/mol. The topological polar surface area (TPSA) is 29.5 Å². The predicted octanol–water partition coefficient (Wildman–Crippen LogP) is 1.01. The van der Waals surface area contributed by atoms with Crippen LogP contribution >= 0.6 is 0 Å². The molecule has 0 spiro atoms. The molecule has 1 N–H and O–H groups in total. The lowest BCUT2D eigenvalue weighted by Gasteiger charge is -2.49. The zero-order valence-corrected chi connectivity index (χ0v) is 10.3. The molecule has 1 saturated heterocycles. The van der Waals surface area contributed by atoms with E-state index in [4.69, 9.17) is 4.74 Å². The number of likely N-dealkylation sites (N-methyl/N-ethyl adjacent to an activating group) is 1. The first-order valence-corrected chi connectivity index (χ1v) is 6.81. The monoisotopic (exact) mass is 226 g/mol. The predicted molar refractivity (Wildman–Crippen MR) is 62.0 cm³/mol. The minimum absolute atomic E-state index is 0.00320. The zero-order chi connectivity index (χ0) is 11.2. The highest BCUT2D eigenvalue weighted by molar-refractivity contribution is 4.94. The highest BCUT2D eigenvalue weighted by atomic mass is 16.5.